The van der Waals surface area contributed by atoms with Gasteiger partial charge in [0.1, 0.15) is 18.2 Å². The molecule has 0 spiro atoms. The molecule has 6 nitrogen and oxygen atoms in total. The van der Waals surface area contributed by atoms with Crippen molar-refractivity contribution in [2.75, 3.05) is 36.6 Å². The Morgan fingerprint density at radius 2 is 2.04 bits per heavy atom. The summed E-state index contributed by atoms with van der Waals surface area (Å²) in [7, 11) is 0. The van der Waals surface area contributed by atoms with Crippen LogP contribution in [0.2, 0.25) is 0 Å². The van der Waals surface area contributed by atoms with Gasteiger partial charge in [-0.15, -0.1) is 0 Å². The molecule has 0 bridgehead atoms. The summed E-state index contributed by atoms with van der Waals surface area (Å²) in [5, 5.41) is 2.68. The van der Waals surface area contributed by atoms with E-state index in [4.69, 9.17) is 9.47 Å². The number of ether oxygens (including phenoxy) is 2. The molecule has 1 fully saturated rings. The molecule has 0 aromatic heterocycles. The zero-order valence-corrected chi connectivity index (χ0v) is 13.4. The number of rotatable bonds is 5. The number of hydrogen-bond acceptors (Lipinski definition) is 4. The van der Waals surface area contributed by atoms with Crippen LogP contribution >= 0.6 is 0 Å². The molecule has 1 aliphatic rings. The highest BCUT2D eigenvalue weighted by molar-refractivity contribution is 5.96. The second-order valence-electron chi connectivity index (χ2n) is 5.44. The summed E-state index contributed by atoms with van der Waals surface area (Å²) in [4.78, 5) is 25.3. The summed E-state index contributed by atoms with van der Waals surface area (Å²) in [6.07, 6.45) is 0. The van der Waals surface area contributed by atoms with Gasteiger partial charge in [-0.05, 0) is 36.4 Å². The van der Waals surface area contributed by atoms with E-state index in [1.54, 1.807) is 35.2 Å². The third-order valence-corrected chi connectivity index (χ3v) is 3.61. The third kappa shape index (κ3) is 4.54. The number of hydrogen-bond donors (Lipinski definition) is 1. The molecule has 2 amide bonds. The quantitative estimate of drug-likeness (QED) is 0.903. The Morgan fingerprint density at radius 3 is 2.76 bits per heavy atom. The maximum atomic E-state index is 13.0. The summed E-state index contributed by atoms with van der Waals surface area (Å²) in [6.45, 7) is 0.858. The molecule has 0 aliphatic carbocycles. The van der Waals surface area contributed by atoms with Crippen LogP contribution in [-0.2, 0) is 14.3 Å². The largest absolute Gasteiger partial charge is 0.484 e. The van der Waals surface area contributed by atoms with Crippen molar-refractivity contribution in [2.24, 2.45) is 0 Å². The third-order valence-electron chi connectivity index (χ3n) is 3.61. The van der Waals surface area contributed by atoms with Crippen LogP contribution in [0.15, 0.2) is 48.5 Å². The first-order valence-electron chi connectivity index (χ1n) is 7.78. The molecule has 130 valence electrons. The predicted molar refractivity (Wildman–Crippen MR) is 90.1 cm³/mol. The highest BCUT2D eigenvalue weighted by Gasteiger charge is 2.19. The number of benzene rings is 2. The highest BCUT2D eigenvalue weighted by Crippen LogP contribution is 2.19. The van der Waals surface area contributed by atoms with E-state index in [0.717, 1.165) is 5.69 Å². The van der Waals surface area contributed by atoms with Crippen LogP contribution in [0.3, 0.4) is 0 Å². The van der Waals surface area contributed by atoms with Crippen LogP contribution in [0.25, 0.3) is 0 Å². The Kier molecular flexibility index (Phi) is 5.25. The molecule has 7 heteroatoms. The van der Waals surface area contributed by atoms with Gasteiger partial charge in [0.2, 0.25) is 0 Å². The summed E-state index contributed by atoms with van der Waals surface area (Å²) >= 11 is 0. The predicted octanol–water partition coefficient (Wildman–Crippen LogP) is 2.21. The van der Waals surface area contributed by atoms with Gasteiger partial charge in [-0.25, -0.2) is 4.39 Å². The van der Waals surface area contributed by atoms with Gasteiger partial charge in [0.25, 0.3) is 11.8 Å². The van der Waals surface area contributed by atoms with E-state index < -0.39 is 5.82 Å². The molecule has 0 radical (unpaired) electrons. The van der Waals surface area contributed by atoms with Gasteiger partial charge in [0.15, 0.2) is 6.61 Å². The summed E-state index contributed by atoms with van der Waals surface area (Å²) in [5.41, 5.74) is 1.33. The average molecular weight is 344 g/mol. The van der Waals surface area contributed by atoms with Crippen LogP contribution in [0.4, 0.5) is 15.8 Å². The molecular weight excluding hydrogens is 327 g/mol. The van der Waals surface area contributed by atoms with Gasteiger partial charge in [0.05, 0.1) is 6.61 Å². The van der Waals surface area contributed by atoms with E-state index in [-0.39, 0.29) is 30.8 Å². The van der Waals surface area contributed by atoms with E-state index in [1.807, 2.05) is 0 Å². The minimum absolute atomic E-state index is 0.0793. The van der Waals surface area contributed by atoms with E-state index >= 15 is 0 Å². The fraction of sp³-hybridized carbons (Fsp3) is 0.222. The van der Waals surface area contributed by atoms with Gasteiger partial charge in [-0.2, -0.15) is 0 Å². The first kappa shape index (κ1) is 16.9. The number of anilines is 2. The first-order chi connectivity index (χ1) is 12.1. The van der Waals surface area contributed by atoms with Crippen LogP contribution < -0.4 is 15.0 Å². The van der Waals surface area contributed by atoms with Crippen molar-refractivity contribution in [3.8, 4) is 5.75 Å². The maximum Gasteiger partial charge on any atom is 0.262 e. The SMILES string of the molecule is O=C(COc1cccc(F)c1)Nc1ccc(N2CCOCC2=O)cc1. The Bertz CT molecular complexity index is 764. The fourth-order valence-electron chi connectivity index (χ4n) is 2.42. The molecule has 1 aliphatic heterocycles. The molecule has 2 aromatic rings. The van der Waals surface area contributed by atoms with Crippen molar-refractivity contribution < 1.29 is 23.5 Å². The van der Waals surface area contributed by atoms with Crippen LogP contribution in [0.1, 0.15) is 0 Å². The average Bonchev–Trinajstić information content (AvgIpc) is 2.61. The number of nitrogens with one attached hydrogen (secondary N) is 1. The first-order valence-corrected chi connectivity index (χ1v) is 7.78. The Balaban J connectivity index is 1.54. The highest BCUT2D eigenvalue weighted by atomic mass is 19.1. The van der Waals surface area contributed by atoms with Crippen molar-refractivity contribution in [1.29, 1.82) is 0 Å². The number of morpholine rings is 1. The Labute approximate surface area is 144 Å². The maximum absolute atomic E-state index is 13.0. The molecule has 0 atom stereocenters. The van der Waals surface area contributed by atoms with Crippen molar-refractivity contribution in [2.45, 2.75) is 0 Å². The zero-order valence-electron chi connectivity index (χ0n) is 13.4. The summed E-state index contributed by atoms with van der Waals surface area (Å²) < 4.78 is 23.4. The van der Waals surface area contributed by atoms with Gasteiger partial charge >= 0.3 is 0 Å². The van der Waals surface area contributed by atoms with Crippen LogP contribution in [0.5, 0.6) is 5.75 Å². The molecule has 3 rings (SSSR count). The molecule has 0 saturated carbocycles. The smallest absolute Gasteiger partial charge is 0.262 e. The number of carbonyl (C=O) groups excluding carboxylic acids is 2. The van der Waals surface area contributed by atoms with Crippen molar-refractivity contribution >= 4 is 23.2 Å². The lowest BCUT2D eigenvalue weighted by molar-refractivity contribution is -0.125. The molecule has 1 N–H and O–H groups in total. The molecule has 25 heavy (non-hydrogen) atoms. The number of nitrogens with zero attached hydrogens (tertiary/aromatic N) is 1. The van der Waals surface area contributed by atoms with Crippen molar-refractivity contribution in [3.05, 3.63) is 54.3 Å². The summed E-state index contributed by atoms with van der Waals surface area (Å²) in [5.74, 6) is -0.589. The summed E-state index contributed by atoms with van der Waals surface area (Å²) in [6, 6.07) is 12.5. The number of amides is 2. The second kappa shape index (κ2) is 7.76. The van der Waals surface area contributed by atoms with Gasteiger partial charge < -0.3 is 19.7 Å². The topological polar surface area (TPSA) is 67.9 Å². The van der Waals surface area contributed by atoms with Crippen molar-refractivity contribution in [1.82, 2.24) is 0 Å². The van der Waals surface area contributed by atoms with Crippen molar-refractivity contribution in [3.63, 3.8) is 0 Å². The minimum atomic E-state index is -0.425. The second-order valence-corrected chi connectivity index (χ2v) is 5.44. The Hall–Kier alpha value is -2.93. The Morgan fingerprint density at radius 1 is 1.24 bits per heavy atom. The molecule has 1 heterocycles. The molecule has 0 unspecified atom stereocenters. The fourth-order valence-corrected chi connectivity index (χ4v) is 2.42. The van der Waals surface area contributed by atoms with Crippen LogP contribution in [-0.4, -0.2) is 38.2 Å². The lowest BCUT2D eigenvalue weighted by Crippen LogP contribution is -2.41. The monoisotopic (exact) mass is 344 g/mol. The van der Waals surface area contributed by atoms with Gasteiger partial charge in [-0.3, -0.25) is 9.59 Å². The zero-order chi connectivity index (χ0) is 17.6. The van der Waals surface area contributed by atoms with Gasteiger partial charge in [-0.1, -0.05) is 6.07 Å². The standard InChI is InChI=1S/C18H17FN2O4/c19-13-2-1-3-16(10-13)25-11-17(22)20-14-4-6-15(7-5-14)21-8-9-24-12-18(21)23/h1-7,10H,8-9,11-12H2,(H,20,22). The van der Waals surface area contributed by atoms with E-state index in [2.05, 4.69) is 5.32 Å². The lowest BCUT2D eigenvalue weighted by Gasteiger charge is -2.26. The van der Waals surface area contributed by atoms with E-state index in [9.17, 15) is 14.0 Å². The molecular formula is C18H17FN2O4. The minimum Gasteiger partial charge on any atom is -0.484 e. The van der Waals surface area contributed by atoms with E-state index in [1.165, 1.54) is 18.2 Å². The van der Waals surface area contributed by atoms with Gasteiger partial charge in [0, 0.05) is 24.0 Å². The number of carbonyl (C=O) groups is 2. The van der Waals surface area contributed by atoms with E-state index in [0.29, 0.717) is 18.8 Å². The molecule has 2 aromatic carbocycles. The van der Waals surface area contributed by atoms with Crippen LogP contribution in [0, 0.1) is 5.82 Å². The number of halogens is 1. The normalized spacial score (nSPS) is 14.3. The lowest BCUT2D eigenvalue weighted by atomic mass is 10.2. The molecule has 1 saturated heterocycles.